The Morgan fingerprint density at radius 1 is 0.706 bits per heavy atom. The normalized spacial score (nSPS) is 28.0. The van der Waals surface area contributed by atoms with Crippen molar-refractivity contribution in [2.75, 3.05) is 0 Å². The average molecular weight is 799 g/mol. The number of halogens is 2. The second kappa shape index (κ2) is 13.6. The summed E-state index contributed by atoms with van der Waals surface area (Å²) in [5.41, 5.74) is 16.0. The van der Waals surface area contributed by atoms with Crippen molar-refractivity contribution in [3.63, 3.8) is 0 Å². The monoisotopic (exact) mass is 796 g/mol. The molecule has 3 heteroatoms. The summed E-state index contributed by atoms with van der Waals surface area (Å²) < 4.78 is 4.04. The number of hydrogen-bond donors (Lipinski definition) is 0. The molecule has 3 aromatic rings. The summed E-state index contributed by atoms with van der Waals surface area (Å²) in [5.74, 6) is 4.30. The molecule has 270 valence electrons. The van der Waals surface area contributed by atoms with Crippen LogP contribution in [0.2, 0.25) is 0 Å². The first kappa shape index (κ1) is 39.2. The summed E-state index contributed by atoms with van der Waals surface area (Å²) in [6.45, 7) is 26.9. The molecule has 9 rings (SSSR count). The molecule has 4 bridgehead atoms. The fourth-order valence-corrected chi connectivity index (χ4v) is 20.9. The third-order valence-corrected chi connectivity index (χ3v) is 22.9. The first-order chi connectivity index (χ1) is 23.1. The van der Waals surface area contributed by atoms with E-state index in [9.17, 15) is 0 Å². The molecule has 0 saturated heterocycles. The summed E-state index contributed by atoms with van der Waals surface area (Å²) in [6.07, 6.45) is 13.1. The molecule has 0 nitrogen and oxygen atoms in total. The Balaban J connectivity index is 0.00000224. The van der Waals surface area contributed by atoms with Crippen LogP contribution in [0.3, 0.4) is 0 Å². The topological polar surface area (TPSA) is 0 Å². The van der Waals surface area contributed by atoms with Crippen LogP contribution >= 0.6 is 0 Å². The van der Waals surface area contributed by atoms with Crippen LogP contribution in [0.15, 0.2) is 75.6 Å². The number of fused-ring (bicyclic) bond motifs is 3. The van der Waals surface area contributed by atoms with Crippen LogP contribution in [0.25, 0.3) is 11.1 Å². The standard InChI is InChI=1S/C23H29.C17H23.C8H8.2ClH.Zr/c1-14-9-16-11-17-10-15(2)21(23(6,7)8)13-19(17)18(16)12-20(14)22(3,4)5;1-11-3-4-14(5-11)17(2)15-7-12-6-13(9-15)10-16(17)8-12;1-2-8-6-4-3-5-7-8;;;/h9-13H,1-8H3;4-5,11-13,15-16H,6-10H2,1-2H3;3-7H,1H3;2*1H;/q;;;;;+2/p-2. The second-order valence-electron chi connectivity index (χ2n) is 19.4. The molecule has 0 aliphatic heterocycles. The molecule has 4 fully saturated rings. The van der Waals surface area contributed by atoms with Crippen LogP contribution in [-0.4, -0.2) is 3.21 Å². The number of hydrogen-bond acceptors (Lipinski definition) is 0. The van der Waals surface area contributed by atoms with Crippen LogP contribution in [0.4, 0.5) is 0 Å². The van der Waals surface area contributed by atoms with E-state index >= 15 is 0 Å². The largest absolute Gasteiger partial charge is 1.00 e. The summed E-state index contributed by atoms with van der Waals surface area (Å²) in [7, 11) is 0. The van der Waals surface area contributed by atoms with E-state index in [0.29, 0.717) is 15.0 Å². The summed E-state index contributed by atoms with van der Waals surface area (Å²) in [5, 5.41) is 0. The van der Waals surface area contributed by atoms with Gasteiger partial charge in [0.05, 0.1) is 0 Å². The molecule has 6 aliphatic carbocycles. The van der Waals surface area contributed by atoms with Gasteiger partial charge in [0.25, 0.3) is 0 Å². The molecule has 0 spiro atoms. The molecule has 1 unspecified atom stereocenters. The Morgan fingerprint density at radius 2 is 1.18 bits per heavy atom. The van der Waals surface area contributed by atoms with Crippen molar-refractivity contribution in [1.82, 2.24) is 0 Å². The quantitative estimate of drug-likeness (QED) is 0.274. The molecule has 0 N–H and O–H groups in total. The Bertz CT molecular complexity index is 1850. The Labute approximate surface area is 330 Å². The Morgan fingerprint density at radius 3 is 1.63 bits per heavy atom. The van der Waals surface area contributed by atoms with Gasteiger partial charge in [-0.2, -0.15) is 0 Å². The zero-order chi connectivity index (χ0) is 34.8. The summed E-state index contributed by atoms with van der Waals surface area (Å²) >= 11 is -2.65. The smallest absolute Gasteiger partial charge is 1.00 e. The minimum absolute atomic E-state index is 0. The number of allylic oxidation sites excluding steroid dienone is 4. The van der Waals surface area contributed by atoms with Gasteiger partial charge in [0.2, 0.25) is 0 Å². The van der Waals surface area contributed by atoms with Gasteiger partial charge in [-0.15, -0.1) is 0 Å². The van der Waals surface area contributed by atoms with Crippen LogP contribution in [0, 0.1) is 48.9 Å². The molecule has 6 aliphatic rings. The van der Waals surface area contributed by atoms with E-state index in [0.717, 1.165) is 23.7 Å². The maximum atomic E-state index is 2.86. The van der Waals surface area contributed by atoms with Gasteiger partial charge in [-0.05, 0) is 0 Å². The van der Waals surface area contributed by atoms with Gasteiger partial charge in [-0.1, -0.05) is 0 Å². The third kappa shape index (κ3) is 6.34. The van der Waals surface area contributed by atoms with Gasteiger partial charge in [0.15, 0.2) is 0 Å². The van der Waals surface area contributed by atoms with Crippen molar-refractivity contribution < 1.29 is 46.1 Å². The third-order valence-electron chi connectivity index (χ3n) is 14.2. The number of benzene rings is 3. The molecule has 0 radical (unpaired) electrons. The van der Waals surface area contributed by atoms with E-state index in [1.165, 1.54) is 71.0 Å². The molecule has 1 atom stereocenters. The molecule has 0 heterocycles. The SMILES string of the molecule is C/[C](c1ccccc1)=[Zr+2](/[C]1=CC(C2(C)C3CC4CC(C3)CC2C4)=CC1C)[CH]1c2cc(C)c(C(C)(C)C)cc2-c2cc(C(C)(C)C)c(C)cc21.[Cl-].[Cl-]. The second-order valence-corrected chi connectivity index (χ2v) is 26.2. The van der Waals surface area contributed by atoms with Gasteiger partial charge in [-0.25, -0.2) is 0 Å². The van der Waals surface area contributed by atoms with E-state index in [2.05, 4.69) is 143 Å². The van der Waals surface area contributed by atoms with Crippen molar-refractivity contribution in [2.45, 2.75) is 123 Å². The Hall–Kier alpha value is -1.53. The predicted molar refractivity (Wildman–Crippen MR) is 207 cm³/mol. The van der Waals surface area contributed by atoms with Crippen LogP contribution in [-0.2, 0) is 32.1 Å². The van der Waals surface area contributed by atoms with Crippen molar-refractivity contribution >= 4 is 3.21 Å². The molecule has 0 aromatic heterocycles. The van der Waals surface area contributed by atoms with Gasteiger partial charge < -0.3 is 24.8 Å². The summed E-state index contributed by atoms with van der Waals surface area (Å²) in [4.78, 5) is 0. The van der Waals surface area contributed by atoms with Crippen molar-refractivity contribution in [1.29, 1.82) is 0 Å². The molecular weight excluding hydrogens is 739 g/mol. The number of rotatable bonds is 4. The van der Waals surface area contributed by atoms with E-state index in [4.69, 9.17) is 0 Å². The molecule has 4 saturated carbocycles. The van der Waals surface area contributed by atoms with Gasteiger partial charge in [-0.3, -0.25) is 0 Å². The Kier molecular flexibility index (Phi) is 10.5. The van der Waals surface area contributed by atoms with E-state index < -0.39 is 21.3 Å². The van der Waals surface area contributed by atoms with Crippen molar-refractivity contribution in [2.24, 2.45) is 35.0 Å². The fraction of sp³-hybridized carbons (Fsp3) is 0.521. The van der Waals surface area contributed by atoms with Gasteiger partial charge in [0.1, 0.15) is 0 Å². The van der Waals surface area contributed by atoms with Gasteiger partial charge >= 0.3 is 308 Å². The van der Waals surface area contributed by atoms with Gasteiger partial charge in [0, 0.05) is 0 Å². The maximum absolute atomic E-state index is 2.86. The van der Waals surface area contributed by atoms with Crippen LogP contribution in [0.5, 0.6) is 0 Å². The predicted octanol–water partition coefficient (Wildman–Crippen LogP) is 6.76. The van der Waals surface area contributed by atoms with Crippen molar-refractivity contribution in [3.8, 4) is 11.1 Å². The van der Waals surface area contributed by atoms with Crippen LogP contribution in [0.1, 0.15) is 137 Å². The van der Waals surface area contributed by atoms with E-state index in [1.54, 1.807) is 19.9 Å². The minimum Gasteiger partial charge on any atom is -1.00 e. The average Bonchev–Trinajstić information content (AvgIpc) is 3.55. The number of aryl methyl sites for hydroxylation is 2. The molecule has 3 aromatic carbocycles. The molecule has 51 heavy (non-hydrogen) atoms. The molecular formula is C48H60Cl2Zr. The fourth-order valence-electron chi connectivity index (χ4n) is 11.9. The maximum Gasteiger partial charge on any atom is -1.00 e. The van der Waals surface area contributed by atoms with Crippen LogP contribution < -0.4 is 24.8 Å². The first-order valence-corrected chi connectivity index (χ1v) is 23.4. The van der Waals surface area contributed by atoms with Crippen molar-refractivity contribution in [3.05, 3.63) is 115 Å². The zero-order valence-corrected chi connectivity index (χ0v) is 37.1. The minimum atomic E-state index is -2.65. The summed E-state index contributed by atoms with van der Waals surface area (Å²) in [6, 6.07) is 22.1. The first-order valence-electron chi connectivity index (χ1n) is 19.6. The van der Waals surface area contributed by atoms with E-state index in [1.807, 2.05) is 3.28 Å². The van der Waals surface area contributed by atoms with E-state index in [-0.39, 0.29) is 35.6 Å². The zero-order valence-electron chi connectivity index (χ0n) is 33.1. The molecule has 0 amide bonds.